The Morgan fingerprint density at radius 2 is 1.89 bits per heavy atom. The van der Waals surface area contributed by atoms with Crippen LogP contribution in [0.15, 0.2) is 18.2 Å². The fourth-order valence-corrected chi connectivity index (χ4v) is 2.40. The van der Waals surface area contributed by atoms with Crippen LogP contribution in [0.5, 0.6) is 11.5 Å². The van der Waals surface area contributed by atoms with Crippen molar-refractivity contribution in [3.8, 4) is 11.5 Å². The zero-order valence-corrected chi connectivity index (χ0v) is 12.2. The summed E-state index contributed by atoms with van der Waals surface area (Å²) in [6.07, 6.45) is 2.15. The number of ether oxygens (including phenoxy) is 1. The summed E-state index contributed by atoms with van der Waals surface area (Å²) in [7, 11) is 1.59. The molecule has 0 aliphatic heterocycles. The second kappa shape index (κ2) is 8.02. The highest BCUT2D eigenvalue weighted by Crippen LogP contribution is 2.31. The van der Waals surface area contributed by atoms with Crippen molar-refractivity contribution in [1.82, 2.24) is 4.90 Å². The lowest BCUT2D eigenvalue weighted by atomic mass is 10.0. The second-order valence-corrected chi connectivity index (χ2v) is 4.71. The minimum absolute atomic E-state index is 0.0609. The Morgan fingerprint density at radius 1 is 1.26 bits per heavy atom. The van der Waals surface area contributed by atoms with Crippen LogP contribution in [0.1, 0.15) is 38.3 Å². The first kappa shape index (κ1) is 15.8. The average molecular weight is 266 g/mol. The van der Waals surface area contributed by atoms with Crippen LogP contribution >= 0.6 is 0 Å². The van der Waals surface area contributed by atoms with E-state index in [9.17, 15) is 5.11 Å². The van der Waals surface area contributed by atoms with Gasteiger partial charge in [-0.1, -0.05) is 19.9 Å². The molecule has 0 aliphatic carbocycles. The summed E-state index contributed by atoms with van der Waals surface area (Å²) in [5, 5.41) is 10.1. The van der Waals surface area contributed by atoms with Gasteiger partial charge in [-0.3, -0.25) is 4.90 Å². The maximum atomic E-state index is 10.1. The van der Waals surface area contributed by atoms with Crippen LogP contribution in [0.2, 0.25) is 0 Å². The Kier molecular flexibility index (Phi) is 6.67. The lowest BCUT2D eigenvalue weighted by molar-refractivity contribution is 0.198. The Hall–Kier alpha value is -1.26. The molecule has 0 bridgehead atoms. The van der Waals surface area contributed by atoms with Gasteiger partial charge >= 0.3 is 0 Å². The third-order valence-electron chi connectivity index (χ3n) is 3.28. The Bertz CT molecular complexity index is 376. The van der Waals surface area contributed by atoms with E-state index in [1.54, 1.807) is 13.2 Å². The van der Waals surface area contributed by atoms with E-state index in [0.717, 1.165) is 31.5 Å². The minimum atomic E-state index is 0.0609. The maximum absolute atomic E-state index is 10.1. The molecular formula is C15H26N2O2. The molecule has 4 heteroatoms. The fraction of sp³-hybridized carbons (Fsp3) is 0.600. The highest BCUT2D eigenvalue weighted by molar-refractivity contribution is 5.41. The Balaban J connectivity index is 2.99. The van der Waals surface area contributed by atoms with Crippen LogP contribution < -0.4 is 10.5 Å². The molecule has 4 nitrogen and oxygen atoms in total. The number of hydrogen-bond acceptors (Lipinski definition) is 4. The van der Waals surface area contributed by atoms with Gasteiger partial charge in [-0.15, -0.1) is 0 Å². The number of nitrogens with two attached hydrogens (primary N) is 1. The molecule has 0 amide bonds. The number of methoxy groups -OCH3 is 1. The maximum Gasteiger partial charge on any atom is 0.124 e. The molecule has 1 aromatic carbocycles. The van der Waals surface area contributed by atoms with Crippen LogP contribution in [0.4, 0.5) is 0 Å². The molecule has 0 aliphatic rings. The van der Waals surface area contributed by atoms with E-state index in [0.29, 0.717) is 12.3 Å². The van der Waals surface area contributed by atoms with Gasteiger partial charge in [0.1, 0.15) is 11.5 Å². The summed E-state index contributed by atoms with van der Waals surface area (Å²) >= 11 is 0. The summed E-state index contributed by atoms with van der Waals surface area (Å²) in [6.45, 7) is 6.79. The molecule has 19 heavy (non-hydrogen) atoms. The van der Waals surface area contributed by atoms with Crippen molar-refractivity contribution < 1.29 is 9.84 Å². The van der Waals surface area contributed by atoms with E-state index >= 15 is 0 Å². The van der Waals surface area contributed by atoms with Gasteiger partial charge in [0, 0.05) is 18.2 Å². The predicted molar refractivity (Wildman–Crippen MR) is 78.6 cm³/mol. The lowest BCUT2D eigenvalue weighted by Crippen LogP contribution is -2.35. The third kappa shape index (κ3) is 4.11. The van der Waals surface area contributed by atoms with Crippen molar-refractivity contribution in [3.05, 3.63) is 23.8 Å². The van der Waals surface area contributed by atoms with E-state index < -0.39 is 0 Å². The van der Waals surface area contributed by atoms with Gasteiger partial charge in [-0.2, -0.15) is 0 Å². The Labute approximate surface area is 116 Å². The topological polar surface area (TPSA) is 58.7 Å². The standard InChI is InChI=1S/C15H26N2O2/c1-4-8-17(9-5-2)14(11-16)13-7-6-12(19-3)10-15(13)18/h6-7,10,14,18H,4-5,8-9,11,16H2,1-3H3. The average Bonchev–Trinajstić information content (AvgIpc) is 2.41. The zero-order valence-electron chi connectivity index (χ0n) is 12.2. The number of rotatable bonds is 8. The first-order valence-electron chi connectivity index (χ1n) is 6.98. The number of phenols is 1. The molecule has 1 atom stereocenters. The van der Waals surface area contributed by atoms with E-state index in [1.165, 1.54) is 0 Å². The van der Waals surface area contributed by atoms with E-state index in [4.69, 9.17) is 10.5 Å². The third-order valence-corrected chi connectivity index (χ3v) is 3.28. The molecule has 0 saturated carbocycles. The van der Waals surface area contributed by atoms with Gasteiger partial charge in [-0.25, -0.2) is 0 Å². The molecule has 108 valence electrons. The number of hydrogen-bond donors (Lipinski definition) is 2. The fourth-order valence-electron chi connectivity index (χ4n) is 2.40. The molecule has 1 aromatic rings. The summed E-state index contributed by atoms with van der Waals surface area (Å²) in [5.41, 5.74) is 6.80. The minimum Gasteiger partial charge on any atom is -0.507 e. The van der Waals surface area contributed by atoms with Crippen LogP contribution in [0, 0.1) is 0 Å². The van der Waals surface area contributed by atoms with E-state index in [2.05, 4.69) is 18.7 Å². The highest BCUT2D eigenvalue weighted by Gasteiger charge is 2.20. The molecule has 1 unspecified atom stereocenters. The quantitative estimate of drug-likeness (QED) is 0.759. The zero-order chi connectivity index (χ0) is 14.3. The molecule has 0 heterocycles. The van der Waals surface area contributed by atoms with E-state index in [1.807, 2.05) is 12.1 Å². The van der Waals surface area contributed by atoms with Crippen molar-refractivity contribution in [2.24, 2.45) is 5.73 Å². The van der Waals surface area contributed by atoms with E-state index in [-0.39, 0.29) is 11.8 Å². The number of aromatic hydroxyl groups is 1. The van der Waals surface area contributed by atoms with Crippen molar-refractivity contribution in [2.75, 3.05) is 26.7 Å². The molecular weight excluding hydrogens is 240 g/mol. The second-order valence-electron chi connectivity index (χ2n) is 4.71. The van der Waals surface area contributed by atoms with Gasteiger partial charge in [0.2, 0.25) is 0 Å². The van der Waals surface area contributed by atoms with Gasteiger partial charge in [0.05, 0.1) is 13.2 Å². The van der Waals surface area contributed by atoms with Crippen LogP contribution in [0.3, 0.4) is 0 Å². The molecule has 3 N–H and O–H groups in total. The van der Waals surface area contributed by atoms with Crippen LogP contribution in [-0.4, -0.2) is 36.8 Å². The van der Waals surface area contributed by atoms with Gasteiger partial charge in [0.25, 0.3) is 0 Å². The van der Waals surface area contributed by atoms with Crippen molar-refractivity contribution in [1.29, 1.82) is 0 Å². The van der Waals surface area contributed by atoms with Crippen molar-refractivity contribution >= 4 is 0 Å². The molecule has 1 rings (SSSR count). The molecule has 0 saturated heterocycles. The normalized spacial score (nSPS) is 12.7. The van der Waals surface area contributed by atoms with Crippen molar-refractivity contribution in [2.45, 2.75) is 32.7 Å². The summed E-state index contributed by atoms with van der Waals surface area (Å²) in [6, 6.07) is 5.48. The van der Waals surface area contributed by atoms with Gasteiger partial charge in [-0.05, 0) is 32.0 Å². The summed E-state index contributed by atoms with van der Waals surface area (Å²) in [4.78, 5) is 2.33. The summed E-state index contributed by atoms with van der Waals surface area (Å²) < 4.78 is 5.11. The molecule has 0 radical (unpaired) electrons. The predicted octanol–water partition coefficient (Wildman–Crippen LogP) is 2.52. The number of phenolic OH excluding ortho intramolecular Hbond substituents is 1. The smallest absolute Gasteiger partial charge is 0.124 e. The Morgan fingerprint density at radius 3 is 2.32 bits per heavy atom. The molecule has 0 spiro atoms. The number of nitrogens with zero attached hydrogens (tertiary/aromatic N) is 1. The first-order chi connectivity index (χ1) is 9.17. The van der Waals surface area contributed by atoms with Crippen LogP contribution in [0.25, 0.3) is 0 Å². The van der Waals surface area contributed by atoms with Gasteiger partial charge in [0.15, 0.2) is 0 Å². The first-order valence-corrected chi connectivity index (χ1v) is 6.98. The number of benzene rings is 1. The van der Waals surface area contributed by atoms with Crippen LogP contribution in [-0.2, 0) is 0 Å². The monoisotopic (exact) mass is 266 g/mol. The van der Waals surface area contributed by atoms with Crippen molar-refractivity contribution in [3.63, 3.8) is 0 Å². The summed E-state index contributed by atoms with van der Waals surface area (Å²) in [5.74, 6) is 0.918. The molecule has 0 fully saturated rings. The highest BCUT2D eigenvalue weighted by atomic mass is 16.5. The molecule has 0 aromatic heterocycles. The SMILES string of the molecule is CCCN(CCC)C(CN)c1ccc(OC)cc1O. The largest absolute Gasteiger partial charge is 0.507 e. The van der Waals surface area contributed by atoms with Gasteiger partial charge < -0.3 is 15.6 Å². The lowest BCUT2D eigenvalue weighted by Gasteiger charge is -2.31.